The fourth-order valence-electron chi connectivity index (χ4n) is 2.96. The number of carbonyl (C=O) groups excluding carboxylic acids is 1. The fraction of sp³-hybridized carbons (Fsp3) is 0.353. The number of hydrogen-bond acceptors (Lipinski definition) is 4. The average Bonchev–Trinajstić information content (AvgIpc) is 3.03. The number of rotatable bonds is 4. The predicted molar refractivity (Wildman–Crippen MR) is 84.6 cm³/mol. The quantitative estimate of drug-likeness (QED) is 0.848. The Labute approximate surface area is 134 Å². The van der Waals surface area contributed by atoms with Crippen molar-refractivity contribution in [3.63, 3.8) is 0 Å². The minimum absolute atomic E-state index is 0.101. The third-order valence-electron chi connectivity index (χ3n) is 4.11. The van der Waals surface area contributed by atoms with Crippen LogP contribution in [0.1, 0.15) is 27.8 Å². The lowest BCUT2D eigenvalue weighted by Crippen LogP contribution is -2.45. The van der Waals surface area contributed by atoms with Gasteiger partial charge in [0.2, 0.25) is 0 Å². The molecule has 23 heavy (non-hydrogen) atoms. The van der Waals surface area contributed by atoms with Gasteiger partial charge in [-0.15, -0.1) is 0 Å². The van der Waals surface area contributed by atoms with E-state index in [2.05, 4.69) is 15.2 Å². The normalized spacial score (nSPS) is 18.8. The SMILES string of the molecule is COC(=O)c1ccc(CN2CCNCC2c2cccc(F)c2)[nH]1. The van der Waals surface area contributed by atoms with E-state index in [0.29, 0.717) is 12.2 Å². The van der Waals surface area contributed by atoms with Crippen LogP contribution in [0, 0.1) is 5.82 Å². The van der Waals surface area contributed by atoms with Crippen LogP contribution in [0.5, 0.6) is 0 Å². The molecule has 1 saturated heterocycles. The number of nitrogens with one attached hydrogen (secondary N) is 2. The number of nitrogens with zero attached hydrogens (tertiary/aromatic N) is 1. The molecule has 1 aromatic carbocycles. The van der Waals surface area contributed by atoms with Crippen molar-refractivity contribution in [2.24, 2.45) is 0 Å². The van der Waals surface area contributed by atoms with Crippen molar-refractivity contribution in [1.82, 2.24) is 15.2 Å². The highest BCUT2D eigenvalue weighted by Crippen LogP contribution is 2.24. The number of hydrogen-bond donors (Lipinski definition) is 2. The van der Waals surface area contributed by atoms with E-state index in [-0.39, 0.29) is 17.8 Å². The first-order valence-corrected chi connectivity index (χ1v) is 7.64. The van der Waals surface area contributed by atoms with E-state index in [1.54, 1.807) is 18.2 Å². The zero-order valence-corrected chi connectivity index (χ0v) is 13.0. The smallest absolute Gasteiger partial charge is 0.354 e. The van der Waals surface area contributed by atoms with Gasteiger partial charge in [-0.3, -0.25) is 4.90 Å². The third kappa shape index (κ3) is 3.60. The second kappa shape index (κ2) is 6.93. The summed E-state index contributed by atoms with van der Waals surface area (Å²) in [5.74, 6) is -0.598. The lowest BCUT2D eigenvalue weighted by Gasteiger charge is -2.36. The summed E-state index contributed by atoms with van der Waals surface area (Å²) in [6, 6.07) is 10.4. The Bertz CT molecular complexity index is 686. The third-order valence-corrected chi connectivity index (χ3v) is 4.11. The molecule has 1 atom stereocenters. The average molecular weight is 317 g/mol. The zero-order valence-electron chi connectivity index (χ0n) is 13.0. The van der Waals surface area contributed by atoms with Gasteiger partial charge in [0.1, 0.15) is 11.5 Å². The van der Waals surface area contributed by atoms with Crippen molar-refractivity contribution < 1.29 is 13.9 Å². The Morgan fingerprint density at radius 2 is 2.26 bits per heavy atom. The maximum atomic E-state index is 13.5. The second-order valence-electron chi connectivity index (χ2n) is 5.63. The number of ether oxygens (including phenoxy) is 1. The van der Waals surface area contributed by atoms with Gasteiger partial charge in [0.05, 0.1) is 7.11 Å². The molecule has 0 spiro atoms. The summed E-state index contributed by atoms with van der Waals surface area (Å²) in [6.45, 7) is 3.18. The first-order valence-electron chi connectivity index (χ1n) is 7.64. The van der Waals surface area contributed by atoms with Crippen molar-refractivity contribution in [3.8, 4) is 0 Å². The zero-order chi connectivity index (χ0) is 16.2. The predicted octanol–water partition coefficient (Wildman–Crippen LogP) is 2.09. The summed E-state index contributed by atoms with van der Waals surface area (Å²) in [7, 11) is 1.36. The lowest BCUT2D eigenvalue weighted by atomic mass is 10.0. The standard InChI is InChI=1S/C17H20FN3O2/c1-23-17(22)15-6-5-14(20-15)11-21-8-7-19-10-16(21)12-3-2-4-13(18)9-12/h2-6,9,16,19-20H,7-8,10-11H2,1H3. The second-order valence-corrected chi connectivity index (χ2v) is 5.63. The number of benzene rings is 1. The Hall–Kier alpha value is -2.18. The van der Waals surface area contributed by atoms with E-state index in [1.807, 2.05) is 12.1 Å². The molecule has 0 amide bonds. The Morgan fingerprint density at radius 3 is 3.04 bits per heavy atom. The summed E-state index contributed by atoms with van der Waals surface area (Å²) >= 11 is 0. The topological polar surface area (TPSA) is 57.4 Å². The molecular weight excluding hydrogens is 297 g/mol. The van der Waals surface area contributed by atoms with Gasteiger partial charge < -0.3 is 15.0 Å². The van der Waals surface area contributed by atoms with Crippen molar-refractivity contribution in [3.05, 3.63) is 59.2 Å². The van der Waals surface area contributed by atoms with Gasteiger partial charge in [0.25, 0.3) is 0 Å². The summed E-state index contributed by atoms with van der Waals surface area (Å²) in [5.41, 5.74) is 2.34. The number of esters is 1. The molecule has 2 heterocycles. The first kappa shape index (κ1) is 15.7. The molecule has 1 aliphatic heterocycles. The van der Waals surface area contributed by atoms with Gasteiger partial charge in [0, 0.05) is 37.9 Å². The van der Waals surface area contributed by atoms with E-state index in [1.165, 1.54) is 13.2 Å². The van der Waals surface area contributed by atoms with Crippen LogP contribution in [0.4, 0.5) is 4.39 Å². The van der Waals surface area contributed by atoms with E-state index in [9.17, 15) is 9.18 Å². The highest BCUT2D eigenvalue weighted by molar-refractivity contribution is 5.87. The molecule has 122 valence electrons. The van der Waals surface area contributed by atoms with Crippen LogP contribution in [-0.2, 0) is 11.3 Å². The number of piperazine rings is 1. The van der Waals surface area contributed by atoms with Crippen molar-refractivity contribution in [1.29, 1.82) is 0 Å². The summed E-state index contributed by atoms with van der Waals surface area (Å²) in [6.07, 6.45) is 0. The molecule has 3 rings (SSSR count). The number of aromatic amines is 1. The van der Waals surface area contributed by atoms with E-state index in [4.69, 9.17) is 4.74 Å². The minimum atomic E-state index is -0.377. The van der Waals surface area contributed by atoms with Crippen molar-refractivity contribution >= 4 is 5.97 Å². The largest absolute Gasteiger partial charge is 0.464 e. The van der Waals surface area contributed by atoms with Crippen LogP contribution in [0.15, 0.2) is 36.4 Å². The number of halogens is 1. The molecule has 2 aromatic rings. The van der Waals surface area contributed by atoms with Crippen molar-refractivity contribution in [2.45, 2.75) is 12.6 Å². The van der Waals surface area contributed by atoms with Crippen LogP contribution >= 0.6 is 0 Å². The van der Waals surface area contributed by atoms with E-state index < -0.39 is 0 Å². The summed E-state index contributed by atoms with van der Waals surface area (Å²) in [5, 5.41) is 3.35. The van der Waals surface area contributed by atoms with Gasteiger partial charge >= 0.3 is 5.97 Å². The minimum Gasteiger partial charge on any atom is -0.464 e. The monoisotopic (exact) mass is 317 g/mol. The first-order chi connectivity index (χ1) is 11.2. The number of aromatic nitrogens is 1. The number of H-pyrrole nitrogens is 1. The molecule has 0 aliphatic carbocycles. The van der Waals surface area contributed by atoms with Crippen LogP contribution in [0.2, 0.25) is 0 Å². The molecule has 2 N–H and O–H groups in total. The molecule has 0 bridgehead atoms. The van der Waals surface area contributed by atoms with Gasteiger partial charge in [-0.1, -0.05) is 12.1 Å². The van der Waals surface area contributed by atoms with Gasteiger partial charge in [-0.25, -0.2) is 9.18 Å². The molecule has 1 unspecified atom stereocenters. The number of carbonyl (C=O) groups is 1. The van der Waals surface area contributed by atoms with Crippen LogP contribution in [-0.4, -0.2) is 42.6 Å². The molecule has 5 nitrogen and oxygen atoms in total. The van der Waals surface area contributed by atoms with E-state index in [0.717, 1.165) is 30.9 Å². The summed E-state index contributed by atoms with van der Waals surface area (Å²) < 4.78 is 18.2. The Morgan fingerprint density at radius 1 is 1.39 bits per heavy atom. The molecule has 1 aromatic heterocycles. The maximum absolute atomic E-state index is 13.5. The van der Waals surface area contributed by atoms with Gasteiger partial charge in [-0.05, 0) is 29.8 Å². The van der Waals surface area contributed by atoms with Crippen LogP contribution < -0.4 is 5.32 Å². The highest BCUT2D eigenvalue weighted by Gasteiger charge is 2.24. The van der Waals surface area contributed by atoms with Crippen molar-refractivity contribution in [2.75, 3.05) is 26.7 Å². The molecule has 0 saturated carbocycles. The van der Waals surface area contributed by atoms with E-state index >= 15 is 0 Å². The van der Waals surface area contributed by atoms with Gasteiger partial charge in [0.15, 0.2) is 0 Å². The molecule has 6 heteroatoms. The summed E-state index contributed by atoms with van der Waals surface area (Å²) in [4.78, 5) is 16.9. The lowest BCUT2D eigenvalue weighted by molar-refractivity contribution is 0.0594. The highest BCUT2D eigenvalue weighted by atomic mass is 19.1. The molecule has 1 aliphatic rings. The van der Waals surface area contributed by atoms with Gasteiger partial charge in [-0.2, -0.15) is 0 Å². The Kier molecular flexibility index (Phi) is 4.73. The molecule has 0 radical (unpaired) electrons. The van der Waals surface area contributed by atoms with Crippen LogP contribution in [0.3, 0.4) is 0 Å². The maximum Gasteiger partial charge on any atom is 0.354 e. The molecule has 1 fully saturated rings. The fourth-order valence-corrected chi connectivity index (χ4v) is 2.96. The van der Waals surface area contributed by atoms with Crippen LogP contribution in [0.25, 0.3) is 0 Å². The molecular formula is C17H20FN3O2. The Balaban J connectivity index is 1.76. The number of methoxy groups -OCH3 is 1.